The van der Waals surface area contributed by atoms with Gasteiger partial charge in [-0.2, -0.15) is 0 Å². The Labute approximate surface area is 165 Å². The molecule has 2 aromatic carbocycles. The average Bonchev–Trinajstić information content (AvgIpc) is 2.71. The van der Waals surface area contributed by atoms with Gasteiger partial charge in [0.05, 0.1) is 7.11 Å². The van der Waals surface area contributed by atoms with Crippen molar-refractivity contribution >= 4 is 5.97 Å². The Morgan fingerprint density at radius 1 is 1.14 bits per heavy atom. The first-order valence-corrected chi connectivity index (χ1v) is 9.82. The third kappa shape index (κ3) is 4.76. The molecule has 0 amide bonds. The summed E-state index contributed by atoms with van der Waals surface area (Å²) in [5.74, 6) is -2.05. The number of nitrogens with one attached hydrogen (secondary N) is 1. The summed E-state index contributed by atoms with van der Waals surface area (Å²) < 4.78 is 32.3. The monoisotopic (exact) mass is 387 g/mol. The number of carbonyl (C=O) groups is 1. The van der Waals surface area contributed by atoms with Crippen molar-refractivity contribution in [2.45, 2.75) is 50.6 Å². The van der Waals surface area contributed by atoms with Crippen LogP contribution in [0.4, 0.5) is 8.78 Å². The molecule has 28 heavy (non-hydrogen) atoms. The van der Waals surface area contributed by atoms with Gasteiger partial charge in [-0.05, 0) is 48.9 Å². The van der Waals surface area contributed by atoms with Crippen molar-refractivity contribution in [3.05, 3.63) is 71.3 Å². The SMILES string of the molecule is COC(=O)CC1CCCC(N[C@@H](C)c2ccccc2)C1c1ccc(F)c(F)c1. The van der Waals surface area contributed by atoms with Crippen LogP contribution in [0.1, 0.15) is 55.7 Å². The Morgan fingerprint density at radius 3 is 2.57 bits per heavy atom. The number of rotatable bonds is 6. The first-order valence-electron chi connectivity index (χ1n) is 9.82. The molecule has 0 heterocycles. The smallest absolute Gasteiger partial charge is 0.305 e. The molecule has 1 aliphatic rings. The number of carbonyl (C=O) groups excluding carboxylic acids is 1. The van der Waals surface area contributed by atoms with E-state index in [9.17, 15) is 13.6 Å². The highest BCUT2D eigenvalue weighted by Gasteiger charge is 2.36. The van der Waals surface area contributed by atoms with Crippen molar-refractivity contribution in [2.24, 2.45) is 5.92 Å². The first kappa shape index (κ1) is 20.5. The highest BCUT2D eigenvalue weighted by atomic mass is 19.2. The number of esters is 1. The maximum atomic E-state index is 14.0. The number of benzene rings is 2. The molecular weight excluding hydrogens is 360 g/mol. The van der Waals surface area contributed by atoms with Crippen LogP contribution in [0.3, 0.4) is 0 Å². The van der Waals surface area contributed by atoms with Crippen LogP contribution in [0, 0.1) is 17.6 Å². The van der Waals surface area contributed by atoms with E-state index in [1.54, 1.807) is 6.07 Å². The van der Waals surface area contributed by atoms with Gasteiger partial charge in [0.1, 0.15) is 0 Å². The fraction of sp³-hybridized carbons (Fsp3) is 0.435. The highest BCUT2D eigenvalue weighted by Crippen LogP contribution is 2.41. The van der Waals surface area contributed by atoms with E-state index in [2.05, 4.69) is 24.4 Å². The van der Waals surface area contributed by atoms with E-state index >= 15 is 0 Å². The molecule has 0 spiro atoms. The van der Waals surface area contributed by atoms with Gasteiger partial charge in [-0.3, -0.25) is 4.79 Å². The van der Waals surface area contributed by atoms with Crippen molar-refractivity contribution < 1.29 is 18.3 Å². The topological polar surface area (TPSA) is 38.3 Å². The van der Waals surface area contributed by atoms with Crippen LogP contribution in [0.5, 0.6) is 0 Å². The Kier molecular flexibility index (Phi) is 6.79. The lowest BCUT2D eigenvalue weighted by Crippen LogP contribution is -2.43. The van der Waals surface area contributed by atoms with Gasteiger partial charge in [-0.15, -0.1) is 0 Å². The minimum Gasteiger partial charge on any atom is -0.469 e. The van der Waals surface area contributed by atoms with Crippen LogP contribution in [-0.4, -0.2) is 19.1 Å². The predicted molar refractivity (Wildman–Crippen MR) is 105 cm³/mol. The minimum atomic E-state index is -0.855. The summed E-state index contributed by atoms with van der Waals surface area (Å²) in [6, 6.07) is 14.4. The van der Waals surface area contributed by atoms with Crippen molar-refractivity contribution in [2.75, 3.05) is 7.11 Å². The summed E-state index contributed by atoms with van der Waals surface area (Å²) in [4.78, 5) is 12.0. The van der Waals surface area contributed by atoms with Gasteiger partial charge in [0, 0.05) is 24.4 Å². The van der Waals surface area contributed by atoms with Gasteiger partial charge in [0.25, 0.3) is 0 Å². The van der Waals surface area contributed by atoms with Crippen molar-refractivity contribution in [3.8, 4) is 0 Å². The van der Waals surface area contributed by atoms with E-state index in [1.807, 2.05) is 18.2 Å². The highest BCUT2D eigenvalue weighted by molar-refractivity contribution is 5.69. The quantitative estimate of drug-likeness (QED) is 0.698. The van der Waals surface area contributed by atoms with E-state index in [1.165, 1.54) is 24.8 Å². The Bertz CT molecular complexity index is 796. The molecule has 5 heteroatoms. The molecule has 0 radical (unpaired) electrons. The number of hydrogen-bond acceptors (Lipinski definition) is 3. The summed E-state index contributed by atoms with van der Waals surface area (Å²) >= 11 is 0. The summed E-state index contributed by atoms with van der Waals surface area (Å²) in [5.41, 5.74) is 1.90. The second-order valence-electron chi connectivity index (χ2n) is 7.58. The van der Waals surface area contributed by atoms with Crippen LogP contribution in [0.2, 0.25) is 0 Å². The van der Waals surface area contributed by atoms with E-state index in [4.69, 9.17) is 4.74 Å². The molecule has 1 N–H and O–H groups in total. The number of halogens is 2. The fourth-order valence-corrected chi connectivity index (χ4v) is 4.38. The summed E-state index contributed by atoms with van der Waals surface area (Å²) in [6.45, 7) is 2.10. The standard InChI is InChI=1S/C23H27F2NO2/c1-15(16-7-4-3-5-8-16)26-21-10-6-9-17(14-22(27)28-2)23(21)18-11-12-19(24)20(25)13-18/h3-5,7-8,11-13,15,17,21,23,26H,6,9-10,14H2,1-2H3/t15-,17?,21?,23?/m0/s1. The van der Waals surface area contributed by atoms with Crippen LogP contribution in [0.15, 0.2) is 48.5 Å². The van der Waals surface area contributed by atoms with Crippen LogP contribution < -0.4 is 5.32 Å². The molecule has 3 rings (SSSR count). The average molecular weight is 387 g/mol. The Balaban J connectivity index is 1.88. The molecule has 2 aromatic rings. The number of methoxy groups -OCH3 is 1. The third-order valence-electron chi connectivity index (χ3n) is 5.78. The molecule has 4 atom stereocenters. The molecule has 1 aliphatic carbocycles. The predicted octanol–water partition coefficient (Wildman–Crippen LogP) is 5.13. The molecular formula is C23H27F2NO2. The normalized spacial score (nSPS) is 23.2. The van der Waals surface area contributed by atoms with E-state index in [0.29, 0.717) is 0 Å². The molecule has 1 fully saturated rings. The molecule has 3 nitrogen and oxygen atoms in total. The van der Waals surface area contributed by atoms with Crippen molar-refractivity contribution in [3.63, 3.8) is 0 Å². The van der Waals surface area contributed by atoms with E-state index in [0.717, 1.165) is 24.8 Å². The van der Waals surface area contributed by atoms with E-state index < -0.39 is 11.6 Å². The fourth-order valence-electron chi connectivity index (χ4n) is 4.38. The second-order valence-corrected chi connectivity index (χ2v) is 7.58. The largest absolute Gasteiger partial charge is 0.469 e. The Morgan fingerprint density at radius 2 is 1.89 bits per heavy atom. The molecule has 3 unspecified atom stereocenters. The van der Waals surface area contributed by atoms with Gasteiger partial charge < -0.3 is 10.1 Å². The maximum Gasteiger partial charge on any atom is 0.305 e. The summed E-state index contributed by atoms with van der Waals surface area (Å²) in [5, 5.41) is 3.67. The van der Waals surface area contributed by atoms with Crippen LogP contribution >= 0.6 is 0 Å². The lowest BCUT2D eigenvalue weighted by Gasteiger charge is -2.40. The second kappa shape index (κ2) is 9.28. The maximum absolute atomic E-state index is 14.0. The van der Waals surface area contributed by atoms with E-state index in [-0.39, 0.29) is 36.3 Å². The summed E-state index contributed by atoms with van der Waals surface area (Å²) in [7, 11) is 1.38. The molecule has 150 valence electrons. The van der Waals surface area contributed by atoms with Crippen molar-refractivity contribution in [1.29, 1.82) is 0 Å². The van der Waals surface area contributed by atoms with Gasteiger partial charge in [0.2, 0.25) is 0 Å². The van der Waals surface area contributed by atoms with Gasteiger partial charge in [-0.25, -0.2) is 8.78 Å². The minimum absolute atomic E-state index is 0.0199. The molecule has 0 saturated heterocycles. The van der Waals surface area contributed by atoms with Crippen LogP contribution in [0.25, 0.3) is 0 Å². The summed E-state index contributed by atoms with van der Waals surface area (Å²) in [6.07, 6.45) is 3.02. The van der Waals surface area contributed by atoms with Gasteiger partial charge >= 0.3 is 5.97 Å². The van der Waals surface area contributed by atoms with Gasteiger partial charge in [0.15, 0.2) is 11.6 Å². The molecule has 0 aromatic heterocycles. The zero-order valence-corrected chi connectivity index (χ0v) is 16.3. The lowest BCUT2D eigenvalue weighted by atomic mass is 9.70. The first-order chi connectivity index (χ1) is 13.5. The lowest BCUT2D eigenvalue weighted by molar-refractivity contribution is -0.142. The zero-order chi connectivity index (χ0) is 20.1. The van der Waals surface area contributed by atoms with Crippen LogP contribution in [-0.2, 0) is 9.53 Å². The van der Waals surface area contributed by atoms with Gasteiger partial charge in [-0.1, -0.05) is 42.8 Å². The molecule has 1 saturated carbocycles. The zero-order valence-electron chi connectivity index (χ0n) is 16.3. The third-order valence-corrected chi connectivity index (χ3v) is 5.78. The molecule has 0 aliphatic heterocycles. The number of ether oxygens (including phenoxy) is 1. The van der Waals surface area contributed by atoms with Crippen molar-refractivity contribution in [1.82, 2.24) is 5.32 Å². The number of hydrogen-bond donors (Lipinski definition) is 1. The molecule has 0 bridgehead atoms. The Hall–Kier alpha value is -2.27.